The van der Waals surface area contributed by atoms with E-state index in [2.05, 4.69) is 26.1 Å². The molecule has 3 nitrogen and oxygen atoms in total. The van der Waals surface area contributed by atoms with Gasteiger partial charge in [0, 0.05) is 26.7 Å². The van der Waals surface area contributed by atoms with Gasteiger partial charge in [0.25, 0.3) is 0 Å². The van der Waals surface area contributed by atoms with Crippen molar-refractivity contribution in [1.82, 2.24) is 5.32 Å². The first-order valence-electron chi connectivity index (χ1n) is 5.21. The zero-order valence-corrected chi connectivity index (χ0v) is 9.85. The van der Waals surface area contributed by atoms with Crippen LogP contribution in [0.5, 0.6) is 0 Å². The van der Waals surface area contributed by atoms with E-state index in [1.165, 1.54) is 0 Å². The maximum atomic E-state index is 11.3. The Morgan fingerprint density at radius 1 is 1.36 bits per heavy atom. The smallest absolute Gasteiger partial charge is 0.220 e. The highest BCUT2D eigenvalue weighted by atomic mass is 16.5. The van der Waals surface area contributed by atoms with Gasteiger partial charge in [-0.05, 0) is 18.3 Å². The molecular formula is C11H23NO2. The van der Waals surface area contributed by atoms with Crippen LogP contribution in [0.2, 0.25) is 0 Å². The number of carbonyl (C=O) groups excluding carboxylic acids is 1. The van der Waals surface area contributed by atoms with E-state index in [-0.39, 0.29) is 11.3 Å². The number of nitrogens with one attached hydrogen (secondary N) is 1. The normalized spacial score (nSPS) is 11.4. The van der Waals surface area contributed by atoms with Crippen molar-refractivity contribution in [3.8, 4) is 0 Å². The van der Waals surface area contributed by atoms with E-state index in [0.717, 1.165) is 19.4 Å². The van der Waals surface area contributed by atoms with Crippen molar-refractivity contribution in [1.29, 1.82) is 0 Å². The number of hydrogen-bond donors (Lipinski definition) is 1. The van der Waals surface area contributed by atoms with Crippen LogP contribution in [-0.2, 0) is 9.53 Å². The third-order valence-electron chi connectivity index (χ3n) is 1.95. The lowest BCUT2D eigenvalue weighted by Gasteiger charge is -2.17. The van der Waals surface area contributed by atoms with E-state index >= 15 is 0 Å². The van der Waals surface area contributed by atoms with Gasteiger partial charge in [-0.3, -0.25) is 4.79 Å². The molecule has 3 heteroatoms. The minimum Gasteiger partial charge on any atom is -0.385 e. The fraction of sp³-hybridized carbons (Fsp3) is 0.909. The second kappa shape index (κ2) is 6.82. The Morgan fingerprint density at radius 2 is 2.00 bits per heavy atom. The van der Waals surface area contributed by atoms with Gasteiger partial charge in [-0.2, -0.15) is 0 Å². The van der Waals surface area contributed by atoms with Gasteiger partial charge >= 0.3 is 0 Å². The third-order valence-corrected chi connectivity index (χ3v) is 1.95. The molecule has 0 saturated heterocycles. The first-order chi connectivity index (χ1) is 6.45. The van der Waals surface area contributed by atoms with Crippen molar-refractivity contribution in [3.05, 3.63) is 0 Å². The largest absolute Gasteiger partial charge is 0.385 e. The molecular weight excluding hydrogens is 178 g/mol. The summed E-state index contributed by atoms with van der Waals surface area (Å²) in [5, 5.41) is 2.87. The highest BCUT2D eigenvalue weighted by Crippen LogP contribution is 2.19. The molecule has 0 heterocycles. The van der Waals surface area contributed by atoms with E-state index in [0.29, 0.717) is 13.0 Å². The van der Waals surface area contributed by atoms with Gasteiger partial charge in [0.15, 0.2) is 0 Å². The average molecular weight is 201 g/mol. The van der Waals surface area contributed by atoms with Crippen LogP contribution in [0, 0.1) is 5.41 Å². The minimum absolute atomic E-state index is 0.149. The highest BCUT2D eigenvalue weighted by molar-refractivity contribution is 5.75. The predicted octanol–water partition coefficient (Wildman–Crippen LogP) is 1.97. The van der Waals surface area contributed by atoms with E-state index < -0.39 is 0 Å². The van der Waals surface area contributed by atoms with Crippen molar-refractivity contribution in [2.75, 3.05) is 20.3 Å². The molecule has 0 saturated carbocycles. The van der Waals surface area contributed by atoms with Gasteiger partial charge in [0.2, 0.25) is 5.91 Å². The number of amides is 1. The molecule has 1 N–H and O–H groups in total. The van der Waals surface area contributed by atoms with E-state index in [4.69, 9.17) is 4.74 Å². The van der Waals surface area contributed by atoms with Crippen molar-refractivity contribution in [2.45, 2.75) is 40.0 Å². The highest BCUT2D eigenvalue weighted by Gasteiger charge is 2.12. The van der Waals surface area contributed by atoms with Crippen LogP contribution in [0.25, 0.3) is 0 Å². The Balaban J connectivity index is 3.38. The van der Waals surface area contributed by atoms with Gasteiger partial charge in [-0.1, -0.05) is 20.8 Å². The van der Waals surface area contributed by atoms with Crippen molar-refractivity contribution in [2.24, 2.45) is 5.41 Å². The molecule has 1 amide bonds. The Labute approximate surface area is 87.2 Å². The summed E-state index contributed by atoms with van der Waals surface area (Å²) in [6.07, 6.45) is 2.44. The van der Waals surface area contributed by atoms with Crippen LogP contribution < -0.4 is 5.32 Å². The monoisotopic (exact) mass is 201 g/mol. The molecule has 0 aliphatic heterocycles. The van der Waals surface area contributed by atoms with Gasteiger partial charge < -0.3 is 10.1 Å². The molecule has 0 aliphatic carbocycles. The second-order valence-corrected chi connectivity index (χ2v) is 4.76. The summed E-state index contributed by atoms with van der Waals surface area (Å²) in [7, 11) is 1.67. The molecule has 0 spiro atoms. The number of carbonyl (C=O) groups is 1. The molecule has 0 fully saturated rings. The Kier molecular flexibility index (Phi) is 6.54. The fourth-order valence-corrected chi connectivity index (χ4v) is 1.02. The maximum absolute atomic E-state index is 11.3. The van der Waals surface area contributed by atoms with Gasteiger partial charge in [0.1, 0.15) is 0 Å². The standard InChI is InChI=1S/C11H23NO2/c1-11(2,3)7-6-10(13)12-8-5-9-14-4/h5-9H2,1-4H3,(H,12,13). The zero-order valence-electron chi connectivity index (χ0n) is 9.85. The molecule has 84 valence electrons. The Hall–Kier alpha value is -0.570. The van der Waals surface area contributed by atoms with Crippen molar-refractivity contribution >= 4 is 5.91 Å². The van der Waals surface area contributed by atoms with Crippen LogP contribution in [-0.4, -0.2) is 26.2 Å². The van der Waals surface area contributed by atoms with Crippen molar-refractivity contribution < 1.29 is 9.53 Å². The zero-order chi connectivity index (χ0) is 11.0. The summed E-state index contributed by atoms with van der Waals surface area (Å²) >= 11 is 0. The molecule has 0 radical (unpaired) electrons. The minimum atomic E-state index is 0.149. The molecule has 14 heavy (non-hydrogen) atoms. The molecule has 0 aromatic carbocycles. The van der Waals surface area contributed by atoms with Crippen LogP contribution in [0.1, 0.15) is 40.0 Å². The van der Waals surface area contributed by atoms with Crippen LogP contribution in [0.15, 0.2) is 0 Å². The van der Waals surface area contributed by atoms with Crippen LogP contribution in [0.3, 0.4) is 0 Å². The van der Waals surface area contributed by atoms with Gasteiger partial charge in [-0.25, -0.2) is 0 Å². The first-order valence-corrected chi connectivity index (χ1v) is 5.21. The molecule has 0 bridgehead atoms. The fourth-order valence-electron chi connectivity index (χ4n) is 1.02. The Bertz CT molecular complexity index is 161. The van der Waals surface area contributed by atoms with Gasteiger partial charge in [0.05, 0.1) is 0 Å². The maximum Gasteiger partial charge on any atom is 0.220 e. The first kappa shape index (κ1) is 13.4. The summed E-state index contributed by atoms with van der Waals surface area (Å²) in [5.41, 5.74) is 0.240. The molecule has 0 unspecified atom stereocenters. The number of hydrogen-bond acceptors (Lipinski definition) is 2. The summed E-state index contributed by atoms with van der Waals surface area (Å²) in [6, 6.07) is 0. The molecule has 0 atom stereocenters. The summed E-state index contributed by atoms with van der Waals surface area (Å²) in [4.78, 5) is 11.3. The molecule has 0 aliphatic rings. The van der Waals surface area contributed by atoms with Gasteiger partial charge in [-0.15, -0.1) is 0 Å². The molecule has 0 aromatic heterocycles. The quantitative estimate of drug-likeness (QED) is 0.667. The lowest BCUT2D eigenvalue weighted by atomic mass is 9.90. The van der Waals surface area contributed by atoms with Crippen molar-refractivity contribution in [3.63, 3.8) is 0 Å². The SMILES string of the molecule is COCCCNC(=O)CCC(C)(C)C. The van der Waals surface area contributed by atoms with E-state index in [9.17, 15) is 4.79 Å². The number of ether oxygens (including phenoxy) is 1. The number of rotatable bonds is 6. The van der Waals surface area contributed by atoms with E-state index in [1.807, 2.05) is 0 Å². The third kappa shape index (κ3) is 9.52. The van der Waals surface area contributed by atoms with Crippen LogP contribution >= 0.6 is 0 Å². The lowest BCUT2D eigenvalue weighted by Crippen LogP contribution is -2.26. The topological polar surface area (TPSA) is 38.3 Å². The Morgan fingerprint density at radius 3 is 2.50 bits per heavy atom. The average Bonchev–Trinajstić information content (AvgIpc) is 2.08. The van der Waals surface area contributed by atoms with Crippen LogP contribution in [0.4, 0.5) is 0 Å². The molecule has 0 rings (SSSR count). The summed E-state index contributed by atoms with van der Waals surface area (Å²) in [5.74, 6) is 0.149. The summed E-state index contributed by atoms with van der Waals surface area (Å²) < 4.78 is 4.89. The molecule has 0 aromatic rings. The summed E-state index contributed by atoms with van der Waals surface area (Å²) in [6.45, 7) is 7.86. The predicted molar refractivity (Wildman–Crippen MR) is 58.2 cm³/mol. The lowest BCUT2D eigenvalue weighted by molar-refractivity contribution is -0.121. The number of methoxy groups -OCH3 is 1. The van der Waals surface area contributed by atoms with E-state index in [1.54, 1.807) is 7.11 Å². The second-order valence-electron chi connectivity index (χ2n) is 4.76.